The Morgan fingerprint density at radius 3 is 2.27 bits per heavy atom. The Balaban J connectivity index is 2.66. The largest absolute Gasteiger partial charge is 0.478 e. The van der Waals surface area contributed by atoms with Gasteiger partial charge in [-0.05, 0) is 97.0 Å². The highest BCUT2D eigenvalue weighted by Crippen LogP contribution is 2.25. The molecule has 0 bridgehead atoms. The Hall–Kier alpha value is -3.15. The summed E-state index contributed by atoms with van der Waals surface area (Å²) in [4.78, 5) is 35.0. The second kappa shape index (κ2) is 17.3. The number of allylic oxidation sites excluding steroid dienone is 7. The van der Waals surface area contributed by atoms with Gasteiger partial charge in [0.05, 0.1) is 7.11 Å². The van der Waals surface area contributed by atoms with Gasteiger partial charge in [0, 0.05) is 17.2 Å². The van der Waals surface area contributed by atoms with E-state index < -0.39 is 5.97 Å². The molecule has 0 unspecified atom stereocenters. The van der Waals surface area contributed by atoms with E-state index in [0.29, 0.717) is 49.9 Å². The second-order valence-corrected chi connectivity index (χ2v) is 9.93. The van der Waals surface area contributed by atoms with E-state index in [1.165, 1.54) is 24.3 Å². The van der Waals surface area contributed by atoms with Gasteiger partial charge in [-0.25, -0.2) is 14.4 Å². The van der Waals surface area contributed by atoms with Gasteiger partial charge in [0.1, 0.15) is 6.61 Å². The molecule has 6 heteroatoms. The Labute approximate surface area is 222 Å². The maximum absolute atomic E-state index is 12.3. The third kappa shape index (κ3) is 13.7. The molecule has 6 nitrogen and oxygen atoms in total. The minimum Gasteiger partial charge on any atom is -0.478 e. The molecule has 1 heterocycles. The molecule has 0 spiro atoms. The van der Waals surface area contributed by atoms with Crippen LogP contribution in [0.5, 0.6) is 0 Å². The van der Waals surface area contributed by atoms with Crippen molar-refractivity contribution in [1.82, 2.24) is 0 Å². The van der Waals surface area contributed by atoms with Crippen LogP contribution in [0.3, 0.4) is 0 Å². The van der Waals surface area contributed by atoms with Crippen molar-refractivity contribution in [2.75, 3.05) is 13.7 Å². The lowest BCUT2D eigenvalue weighted by atomic mass is 9.89. The molecule has 1 rings (SSSR count). The van der Waals surface area contributed by atoms with Crippen LogP contribution in [0.4, 0.5) is 0 Å². The van der Waals surface area contributed by atoms with E-state index in [4.69, 9.17) is 9.47 Å². The number of hydrogen-bond donors (Lipinski definition) is 1. The first-order chi connectivity index (χ1) is 17.5. The fourth-order valence-electron chi connectivity index (χ4n) is 4.04. The molecule has 204 valence electrons. The molecule has 0 aromatic rings. The van der Waals surface area contributed by atoms with E-state index >= 15 is 0 Å². The standard InChI is InChI=1S/C31H44O6/c1-22(2)10-7-13-27(30(33)34)14-8-11-24(5)16-17-26(23(3)4)18-19-28(31(35)36-6)15-9-12-25-20-29(32)37-21-25/h10,14-16,20,26H,3,7-9,11-13,17-19,21H2,1-2,4-6H3,(H,33,34)/b24-16+,27-14-,28-15-/t26-/m1/s1. The molecule has 0 amide bonds. The molecule has 37 heavy (non-hydrogen) atoms. The number of carbonyl (C=O) groups is 3. The predicted octanol–water partition coefficient (Wildman–Crippen LogP) is 7.20. The van der Waals surface area contributed by atoms with Gasteiger partial charge >= 0.3 is 17.9 Å². The molecule has 0 saturated carbocycles. The lowest BCUT2D eigenvalue weighted by molar-refractivity contribution is -0.136. The van der Waals surface area contributed by atoms with E-state index in [1.54, 1.807) is 0 Å². The SMILES string of the molecule is C=C(C)[C@H](C/C=C(\C)CC/C=C(/CCC=C(C)C)C(=O)O)CC/C(=C/CCC1=CC(=O)OC1)C(=O)OC. The fourth-order valence-corrected chi connectivity index (χ4v) is 4.04. The van der Waals surface area contributed by atoms with Gasteiger partial charge in [-0.2, -0.15) is 0 Å². The number of aliphatic carboxylic acids is 1. The summed E-state index contributed by atoms with van der Waals surface area (Å²) in [6.07, 6.45) is 15.8. The van der Waals surface area contributed by atoms with Crippen LogP contribution >= 0.6 is 0 Å². The van der Waals surface area contributed by atoms with Crippen molar-refractivity contribution in [1.29, 1.82) is 0 Å². The van der Waals surface area contributed by atoms with Crippen LogP contribution in [0.1, 0.15) is 85.5 Å². The number of hydrogen-bond acceptors (Lipinski definition) is 5. The summed E-state index contributed by atoms with van der Waals surface area (Å²) in [5, 5.41) is 9.45. The minimum atomic E-state index is -0.845. The summed E-state index contributed by atoms with van der Waals surface area (Å²) in [6, 6.07) is 0. The number of carbonyl (C=O) groups excluding carboxylic acids is 2. The summed E-state index contributed by atoms with van der Waals surface area (Å²) in [5.41, 5.74) is 5.51. The maximum atomic E-state index is 12.3. The fraction of sp³-hybridized carbons (Fsp3) is 0.516. The van der Waals surface area contributed by atoms with Gasteiger partial charge in [-0.15, -0.1) is 0 Å². The van der Waals surface area contributed by atoms with Gasteiger partial charge in [0.2, 0.25) is 0 Å². The van der Waals surface area contributed by atoms with E-state index in [-0.39, 0.29) is 17.9 Å². The Kier molecular flexibility index (Phi) is 14.9. The Morgan fingerprint density at radius 1 is 1.03 bits per heavy atom. The third-order valence-corrected chi connectivity index (χ3v) is 6.41. The predicted molar refractivity (Wildman–Crippen MR) is 148 cm³/mol. The molecule has 0 fully saturated rings. The Morgan fingerprint density at radius 2 is 1.70 bits per heavy atom. The molecule has 1 atom stereocenters. The van der Waals surface area contributed by atoms with Crippen molar-refractivity contribution in [3.05, 3.63) is 70.4 Å². The van der Waals surface area contributed by atoms with Crippen molar-refractivity contribution in [3.63, 3.8) is 0 Å². The molecule has 0 saturated heterocycles. The van der Waals surface area contributed by atoms with Crippen LogP contribution in [-0.4, -0.2) is 36.7 Å². The molecule has 1 aliphatic rings. The van der Waals surface area contributed by atoms with E-state index in [9.17, 15) is 19.5 Å². The van der Waals surface area contributed by atoms with Crippen LogP contribution in [0.2, 0.25) is 0 Å². The minimum absolute atomic E-state index is 0.223. The summed E-state index contributed by atoms with van der Waals surface area (Å²) >= 11 is 0. The van der Waals surface area contributed by atoms with Crippen molar-refractivity contribution < 1.29 is 29.0 Å². The second-order valence-electron chi connectivity index (χ2n) is 9.93. The smallest absolute Gasteiger partial charge is 0.333 e. The van der Waals surface area contributed by atoms with Gasteiger partial charge in [-0.1, -0.05) is 47.6 Å². The lowest BCUT2D eigenvalue weighted by Crippen LogP contribution is -2.08. The number of esters is 2. The molecular weight excluding hydrogens is 468 g/mol. The normalized spacial score (nSPS) is 15.1. The van der Waals surface area contributed by atoms with Crippen LogP contribution in [0.15, 0.2) is 70.4 Å². The maximum Gasteiger partial charge on any atom is 0.333 e. The number of carboxylic acids is 1. The van der Waals surface area contributed by atoms with Gasteiger partial charge in [0.25, 0.3) is 0 Å². The first-order valence-corrected chi connectivity index (χ1v) is 13.0. The average Bonchev–Trinajstić information content (AvgIpc) is 3.25. The first-order valence-electron chi connectivity index (χ1n) is 13.0. The summed E-state index contributed by atoms with van der Waals surface area (Å²) in [6.45, 7) is 12.6. The van der Waals surface area contributed by atoms with Crippen molar-refractivity contribution in [2.24, 2.45) is 5.92 Å². The number of rotatable bonds is 17. The highest BCUT2D eigenvalue weighted by atomic mass is 16.5. The number of ether oxygens (including phenoxy) is 2. The highest BCUT2D eigenvalue weighted by Gasteiger charge is 2.16. The highest BCUT2D eigenvalue weighted by molar-refractivity contribution is 5.88. The van der Waals surface area contributed by atoms with Crippen LogP contribution in [0.25, 0.3) is 0 Å². The zero-order valence-corrected chi connectivity index (χ0v) is 23.2. The van der Waals surface area contributed by atoms with Crippen molar-refractivity contribution in [3.8, 4) is 0 Å². The monoisotopic (exact) mass is 512 g/mol. The molecule has 0 radical (unpaired) electrons. The van der Waals surface area contributed by atoms with Crippen LogP contribution in [0, 0.1) is 5.92 Å². The van der Waals surface area contributed by atoms with E-state index in [0.717, 1.165) is 36.8 Å². The zero-order chi connectivity index (χ0) is 27.8. The molecule has 0 aromatic carbocycles. The summed E-state index contributed by atoms with van der Waals surface area (Å²) in [5.74, 6) is -1.26. The van der Waals surface area contributed by atoms with Crippen LogP contribution < -0.4 is 0 Å². The summed E-state index contributed by atoms with van der Waals surface area (Å²) in [7, 11) is 1.39. The van der Waals surface area contributed by atoms with Crippen molar-refractivity contribution >= 4 is 17.9 Å². The third-order valence-electron chi connectivity index (χ3n) is 6.41. The van der Waals surface area contributed by atoms with Crippen molar-refractivity contribution in [2.45, 2.75) is 85.5 Å². The molecule has 0 aromatic heterocycles. The quantitative estimate of drug-likeness (QED) is 0.126. The van der Waals surface area contributed by atoms with Crippen LogP contribution in [-0.2, 0) is 23.9 Å². The molecule has 1 aliphatic heterocycles. The van der Waals surface area contributed by atoms with Gasteiger partial charge in [0.15, 0.2) is 0 Å². The lowest BCUT2D eigenvalue weighted by Gasteiger charge is -2.16. The van der Waals surface area contributed by atoms with Gasteiger partial charge in [-0.3, -0.25) is 0 Å². The first kappa shape index (κ1) is 31.9. The van der Waals surface area contributed by atoms with Gasteiger partial charge < -0.3 is 14.6 Å². The summed E-state index contributed by atoms with van der Waals surface area (Å²) < 4.78 is 9.90. The van der Waals surface area contributed by atoms with E-state index in [2.05, 4.69) is 25.7 Å². The number of methoxy groups -OCH3 is 1. The molecule has 0 aliphatic carbocycles. The number of carboxylic acid groups (broad SMARTS) is 1. The molecule has 1 N–H and O–H groups in total. The van der Waals surface area contributed by atoms with E-state index in [1.807, 2.05) is 32.9 Å². The number of cyclic esters (lactones) is 1. The zero-order valence-electron chi connectivity index (χ0n) is 23.2. The average molecular weight is 513 g/mol. The molecular formula is C31H44O6. The topological polar surface area (TPSA) is 89.9 Å². The Bertz CT molecular complexity index is 970.